The SMILES string of the molecule is Cc1cccc(C)c1NC(=S)N/N=C1\CC(C)CC(C)(C)C1. The molecule has 1 atom stereocenters. The van der Waals surface area contributed by atoms with Crippen LogP contribution in [0.2, 0.25) is 0 Å². The van der Waals surface area contributed by atoms with Crippen molar-refractivity contribution in [2.24, 2.45) is 16.4 Å². The number of para-hydroxylation sites is 1. The van der Waals surface area contributed by atoms with Crippen LogP contribution in [-0.2, 0) is 0 Å². The van der Waals surface area contributed by atoms with Gasteiger partial charge in [0.2, 0.25) is 0 Å². The van der Waals surface area contributed by atoms with Crippen molar-refractivity contribution in [2.45, 2.75) is 53.9 Å². The first kappa shape index (κ1) is 16.9. The summed E-state index contributed by atoms with van der Waals surface area (Å²) in [5.41, 5.74) is 8.01. The van der Waals surface area contributed by atoms with Crippen LogP contribution in [0.25, 0.3) is 0 Å². The molecule has 1 aromatic carbocycles. The second-order valence-electron chi connectivity index (χ2n) is 7.37. The van der Waals surface area contributed by atoms with Gasteiger partial charge < -0.3 is 5.32 Å². The van der Waals surface area contributed by atoms with Crippen LogP contribution < -0.4 is 10.7 Å². The lowest BCUT2D eigenvalue weighted by molar-refractivity contribution is 0.265. The fourth-order valence-electron chi connectivity index (χ4n) is 3.48. The molecule has 2 rings (SSSR count). The van der Waals surface area contributed by atoms with Gasteiger partial charge in [-0.3, -0.25) is 5.43 Å². The van der Waals surface area contributed by atoms with Crippen LogP contribution >= 0.6 is 12.2 Å². The number of hydrogen-bond acceptors (Lipinski definition) is 2. The monoisotopic (exact) mass is 317 g/mol. The first-order chi connectivity index (χ1) is 10.3. The molecule has 1 aliphatic carbocycles. The highest BCUT2D eigenvalue weighted by Gasteiger charge is 2.29. The topological polar surface area (TPSA) is 36.4 Å². The highest BCUT2D eigenvalue weighted by Crippen LogP contribution is 2.36. The Morgan fingerprint density at radius 3 is 2.50 bits per heavy atom. The molecule has 0 amide bonds. The number of nitrogens with zero attached hydrogens (tertiary/aromatic N) is 1. The summed E-state index contributed by atoms with van der Waals surface area (Å²) in [6.45, 7) is 11.1. The van der Waals surface area contributed by atoms with Crippen molar-refractivity contribution in [2.75, 3.05) is 5.32 Å². The summed E-state index contributed by atoms with van der Waals surface area (Å²) >= 11 is 5.38. The fourth-order valence-corrected chi connectivity index (χ4v) is 3.63. The van der Waals surface area contributed by atoms with Crippen LogP contribution in [0.15, 0.2) is 23.3 Å². The third-order valence-corrected chi connectivity index (χ3v) is 4.40. The van der Waals surface area contributed by atoms with E-state index >= 15 is 0 Å². The molecule has 0 saturated heterocycles. The molecule has 1 aromatic rings. The van der Waals surface area contributed by atoms with Crippen LogP contribution in [0.5, 0.6) is 0 Å². The van der Waals surface area contributed by atoms with Gasteiger partial charge in [0, 0.05) is 11.4 Å². The molecule has 0 radical (unpaired) electrons. The number of anilines is 1. The molecule has 0 bridgehead atoms. The lowest BCUT2D eigenvalue weighted by Crippen LogP contribution is -2.31. The Hall–Kier alpha value is -1.42. The van der Waals surface area contributed by atoms with Gasteiger partial charge in [0.25, 0.3) is 0 Å². The Kier molecular flexibility index (Phi) is 5.22. The van der Waals surface area contributed by atoms with E-state index in [9.17, 15) is 0 Å². The number of hydrazone groups is 1. The van der Waals surface area contributed by atoms with Gasteiger partial charge in [-0.15, -0.1) is 0 Å². The first-order valence-electron chi connectivity index (χ1n) is 7.95. The standard InChI is InChI=1S/C18H27N3S/c1-12-9-15(11-18(4,5)10-12)20-21-17(22)19-16-13(2)7-6-8-14(16)3/h6-8,12H,9-11H2,1-5H3,(H2,19,21,22)/b20-15+. The van der Waals surface area contributed by atoms with Gasteiger partial charge in [-0.2, -0.15) is 5.10 Å². The molecule has 4 heteroatoms. The summed E-state index contributed by atoms with van der Waals surface area (Å²) in [7, 11) is 0. The largest absolute Gasteiger partial charge is 0.331 e. The molecule has 0 spiro atoms. The molecule has 1 fully saturated rings. The smallest absolute Gasteiger partial charge is 0.191 e. The maximum Gasteiger partial charge on any atom is 0.191 e. The van der Waals surface area contributed by atoms with E-state index in [4.69, 9.17) is 12.2 Å². The van der Waals surface area contributed by atoms with Gasteiger partial charge in [0.05, 0.1) is 0 Å². The van der Waals surface area contributed by atoms with E-state index < -0.39 is 0 Å². The van der Waals surface area contributed by atoms with Gasteiger partial charge >= 0.3 is 0 Å². The van der Waals surface area contributed by atoms with Crippen LogP contribution in [0.4, 0.5) is 5.69 Å². The summed E-state index contributed by atoms with van der Waals surface area (Å²) < 4.78 is 0. The van der Waals surface area contributed by atoms with Gasteiger partial charge in [-0.25, -0.2) is 0 Å². The Morgan fingerprint density at radius 2 is 1.91 bits per heavy atom. The highest BCUT2D eigenvalue weighted by molar-refractivity contribution is 7.80. The van der Waals surface area contributed by atoms with E-state index in [0.29, 0.717) is 16.4 Å². The molecule has 1 unspecified atom stereocenters. The Labute approximate surface area is 139 Å². The molecule has 0 aromatic heterocycles. The van der Waals surface area contributed by atoms with Gasteiger partial charge in [0.1, 0.15) is 0 Å². The molecule has 3 nitrogen and oxygen atoms in total. The van der Waals surface area contributed by atoms with E-state index in [0.717, 1.165) is 18.5 Å². The third kappa shape index (κ3) is 4.54. The molecular formula is C18H27N3S. The van der Waals surface area contributed by atoms with E-state index in [1.54, 1.807) is 0 Å². The van der Waals surface area contributed by atoms with Gasteiger partial charge in [0.15, 0.2) is 5.11 Å². The fraction of sp³-hybridized carbons (Fsp3) is 0.556. The summed E-state index contributed by atoms with van der Waals surface area (Å²) in [5.74, 6) is 0.685. The molecule has 2 N–H and O–H groups in total. The van der Waals surface area contributed by atoms with E-state index in [1.165, 1.54) is 23.3 Å². The lowest BCUT2D eigenvalue weighted by atomic mass is 9.72. The predicted molar refractivity (Wildman–Crippen MR) is 99.5 cm³/mol. The van der Waals surface area contributed by atoms with E-state index in [1.807, 2.05) is 0 Å². The zero-order valence-electron chi connectivity index (χ0n) is 14.3. The average molecular weight is 318 g/mol. The number of benzene rings is 1. The van der Waals surface area contributed by atoms with E-state index in [2.05, 4.69) is 68.7 Å². The minimum Gasteiger partial charge on any atom is -0.331 e. The molecule has 1 saturated carbocycles. The summed E-state index contributed by atoms with van der Waals surface area (Å²) in [5, 5.41) is 8.37. The average Bonchev–Trinajstić information content (AvgIpc) is 2.38. The zero-order valence-corrected chi connectivity index (χ0v) is 15.1. The van der Waals surface area contributed by atoms with E-state index in [-0.39, 0.29) is 0 Å². The normalized spacial score (nSPS) is 22.4. The summed E-state index contributed by atoms with van der Waals surface area (Å²) in [4.78, 5) is 0. The second-order valence-corrected chi connectivity index (χ2v) is 7.77. The van der Waals surface area contributed by atoms with Crippen molar-refractivity contribution in [3.8, 4) is 0 Å². The van der Waals surface area contributed by atoms with Gasteiger partial charge in [-0.1, -0.05) is 39.0 Å². The maximum atomic E-state index is 5.38. The first-order valence-corrected chi connectivity index (χ1v) is 8.36. The van der Waals surface area contributed by atoms with Gasteiger partial charge in [-0.05, 0) is 67.8 Å². The summed E-state index contributed by atoms with van der Waals surface area (Å²) in [6, 6.07) is 6.21. The predicted octanol–water partition coefficient (Wildman–Crippen LogP) is 4.79. The maximum absolute atomic E-state index is 5.38. The number of hydrogen-bond donors (Lipinski definition) is 2. The molecule has 120 valence electrons. The quantitative estimate of drug-likeness (QED) is 0.608. The molecule has 22 heavy (non-hydrogen) atoms. The molecule has 0 aliphatic heterocycles. The molecular weight excluding hydrogens is 290 g/mol. The van der Waals surface area contributed by atoms with Crippen LogP contribution in [-0.4, -0.2) is 10.8 Å². The van der Waals surface area contributed by atoms with Crippen molar-refractivity contribution in [3.05, 3.63) is 29.3 Å². The van der Waals surface area contributed by atoms with Crippen molar-refractivity contribution < 1.29 is 0 Å². The van der Waals surface area contributed by atoms with Crippen LogP contribution in [0.3, 0.4) is 0 Å². The van der Waals surface area contributed by atoms with Crippen LogP contribution in [0, 0.1) is 25.2 Å². The molecule has 0 heterocycles. The third-order valence-electron chi connectivity index (χ3n) is 4.20. The van der Waals surface area contributed by atoms with Crippen molar-refractivity contribution >= 4 is 28.7 Å². The lowest BCUT2D eigenvalue weighted by Gasteiger charge is -2.34. The Balaban J connectivity index is 1.99. The minimum atomic E-state index is 0.333. The second kappa shape index (κ2) is 6.78. The van der Waals surface area contributed by atoms with Crippen molar-refractivity contribution in [3.63, 3.8) is 0 Å². The van der Waals surface area contributed by atoms with Crippen LogP contribution in [0.1, 0.15) is 51.2 Å². The summed E-state index contributed by atoms with van der Waals surface area (Å²) in [6.07, 6.45) is 3.36. The Bertz CT molecular complexity index is 570. The van der Waals surface area contributed by atoms with Crippen molar-refractivity contribution in [1.82, 2.24) is 5.43 Å². The highest BCUT2D eigenvalue weighted by atomic mass is 32.1. The minimum absolute atomic E-state index is 0.333. The molecule has 1 aliphatic rings. The number of rotatable bonds is 2. The zero-order chi connectivity index (χ0) is 16.3. The number of nitrogens with one attached hydrogen (secondary N) is 2. The number of aryl methyl sites for hydroxylation is 2. The van der Waals surface area contributed by atoms with Crippen molar-refractivity contribution in [1.29, 1.82) is 0 Å². The Morgan fingerprint density at radius 1 is 1.27 bits per heavy atom. The number of thiocarbonyl (C=S) groups is 1.